The molecule has 1 fully saturated rings. The lowest BCUT2D eigenvalue weighted by Gasteiger charge is -2.37. The summed E-state index contributed by atoms with van der Waals surface area (Å²) in [6.07, 6.45) is 1.90. The normalized spacial score (nSPS) is 19.2. The Kier molecular flexibility index (Phi) is 6.78. The van der Waals surface area contributed by atoms with Crippen LogP contribution in [0, 0.1) is 5.92 Å². The van der Waals surface area contributed by atoms with Crippen LogP contribution in [-0.2, 0) is 9.53 Å². The first-order valence-corrected chi connectivity index (χ1v) is 7.22. The van der Waals surface area contributed by atoms with Gasteiger partial charge in [-0.2, -0.15) is 0 Å². The molecular weight excluding hydrogens is 260 g/mol. The Hall–Kier alpha value is -1.30. The van der Waals surface area contributed by atoms with Gasteiger partial charge < -0.3 is 19.6 Å². The standard InChI is InChI=1S/C14H26N2O4/c1-11(2)16(7-8-20-3)14(19)15-6-4-5-12(10-15)9-13(17)18/h11-12H,4-10H2,1-3H3,(H,17,18). The molecule has 1 rings (SSSR count). The number of hydrogen-bond donors (Lipinski definition) is 1. The average Bonchev–Trinajstić information content (AvgIpc) is 2.38. The summed E-state index contributed by atoms with van der Waals surface area (Å²) >= 11 is 0. The minimum absolute atomic E-state index is 0.00728. The molecule has 0 saturated carbocycles. The summed E-state index contributed by atoms with van der Waals surface area (Å²) in [5, 5.41) is 8.87. The number of nitrogens with zero attached hydrogens (tertiary/aromatic N) is 2. The number of piperidine rings is 1. The highest BCUT2D eigenvalue weighted by Gasteiger charge is 2.29. The molecule has 0 bridgehead atoms. The van der Waals surface area contributed by atoms with E-state index in [1.807, 2.05) is 13.8 Å². The maximum Gasteiger partial charge on any atom is 0.320 e. The van der Waals surface area contributed by atoms with E-state index in [4.69, 9.17) is 9.84 Å². The van der Waals surface area contributed by atoms with Gasteiger partial charge in [0.05, 0.1) is 6.61 Å². The Labute approximate surface area is 120 Å². The number of hydrogen-bond acceptors (Lipinski definition) is 3. The largest absolute Gasteiger partial charge is 0.481 e. The maximum absolute atomic E-state index is 12.5. The second-order valence-corrected chi connectivity index (χ2v) is 5.61. The Balaban J connectivity index is 2.61. The number of aliphatic carboxylic acids is 1. The average molecular weight is 286 g/mol. The molecule has 1 saturated heterocycles. The molecule has 0 aliphatic carbocycles. The molecule has 0 aromatic rings. The lowest BCUT2D eigenvalue weighted by Crippen LogP contribution is -2.50. The van der Waals surface area contributed by atoms with E-state index in [2.05, 4.69) is 0 Å². The summed E-state index contributed by atoms with van der Waals surface area (Å²) in [5.74, 6) is -0.717. The first-order valence-electron chi connectivity index (χ1n) is 7.22. The zero-order valence-electron chi connectivity index (χ0n) is 12.7. The van der Waals surface area contributed by atoms with Gasteiger partial charge >= 0.3 is 12.0 Å². The van der Waals surface area contributed by atoms with Crippen LogP contribution in [-0.4, -0.2) is 66.3 Å². The number of carbonyl (C=O) groups excluding carboxylic acids is 1. The van der Waals surface area contributed by atoms with E-state index in [0.717, 1.165) is 12.8 Å². The van der Waals surface area contributed by atoms with Crippen molar-refractivity contribution in [2.45, 2.75) is 39.2 Å². The molecule has 0 aromatic heterocycles. The molecule has 1 aliphatic rings. The molecule has 1 N–H and O–H groups in total. The van der Waals surface area contributed by atoms with E-state index in [0.29, 0.717) is 26.2 Å². The molecule has 0 radical (unpaired) electrons. The van der Waals surface area contributed by atoms with E-state index in [-0.39, 0.29) is 24.4 Å². The van der Waals surface area contributed by atoms with Gasteiger partial charge in [-0.3, -0.25) is 4.79 Å². The zero-order valence-corrected chi connectivity index (χ0v) is 12.7. The zero-order chi connectivity index (χ0) is 15.1. The highest BCUT2D eigenvalue weighted by molar-refractivity contribution is 5.75. The van der Waals surface area contributed by atoms with Crippen molar-refractivity contribution in [3.05, 3.63) is 0 Å². The van der Waals surface area contributed by atoms with Gasteiger partial charge in [0, 0.05) is 39.2 Å². The van der Waals surface area contributed by atoms with Crippen LogP contribution in [0.1, 0.15) is 33.1 Å². The Morgan fingerprint density at radius 2 is 2.15 bits per heavy atom. The number of methoxy groups -OCH3 is 1. The van der Waals surface area contributed by atoms with Crippen molar-refractivity contribution in [2.75, 3.05) is 33.4 Å². The summed E-state index contributed by atoms with van der Waals surface area (Å²) in [7, 11) is 1.62. The maximum atomic E-state index is 12.5. The molecule has 0 aromatic carbocycles. The highest BCUT2D eigenvalue weighted by atomic mass is 16.5. The molecular formula is C14H26N2O4. The van der Waals surface area contributed by atoms with Gasteiger partial charge in [-0.25, -0.2) is 4.79 Å². The van der Waals surface area contributed by atoms with Crippen LogP contribution in [0.25, 0.3) is 0 Å². The van der Waals surface area contributed by atoms with Crippen LogP contribution in [0.15, 0.2) is 0 Å². The van der Waals surface area contributed by atoms with E-state index in [1.54, 1.807) is 16.9 Å². The van der Waals surface area contributed by atoms with Crippen molar-refractivity contribution < 1.29 is 19.4 Å². The van der Waals surface area contributed by atoms with Gasteiger partial charge in [-0.05, 0) is 32.6 Å². The van der Waals surface area contributed by atoms with Crippen molar-refractivity contribution in [3.8, 4) is 0 Å². The second kappa shape index (κ2) is 8.09. The molecule has 2 amide bonds. The lowest BCUT2D eigenvalue weighted by atomic mass is 9.95. The van der Waals surface area contributed by atoms with Gasteiger partial charge in [-0.1, -0.05) is 0 Å². The number of urea groups is 1. The molecule has 6 heteroatoms. The summed E-state index contributed by atoms with van der Waals surface area (Å²) < 4.78 is 5.04. The van der Waals surface area contributed by atoms with Crippen LogP contribution < -0.4 is 0 Å². The Morgan fingerprint density at radius 1 is 1.45 bits per heavy atom. The number of carboxylic acid groups (broad SMARTS) is 1. The smallest absolute Gasteiger partial charge is 0.320 e. The molecule has 1 aliphatic heterocycles. The predicted octanol–water partition coefficient (Wildman–Crippen LogP) is 1.65. The SMILES string of the molecule is COCCN(C(=O)N1CCCC(CC(=O)O)C1)C(C)C. The number of rotatable bonds is 6. The molecule has 20 heavy (non-hydrogen) atoms. The van der Waals surface area contributed by atoms with Crippen molar-refractivity contribution in [2.24, 2.45) is 5.92 Å². The number of amides is 2. The quantitative estimate of drug-likeness (QED) is 0.806. The lowest BCUT2D eigenvalue weighted by molar-refractivity contribution is -0.138. The van der Waals surface area contributed by atoms with Crippen molar-refractivity contribution in [1.29, 1.82) is 0 Å². The Bertz CT molecular complexity index is 333. The highest BCUT2D eigenvalue weighted by Crippen LogP contribution is 2.21. The van der Waals surface area contributed by atoms with Crippen molar-refractivity contribution in [1.82, 2.24) is 9.80 Å². The Morgan fingerprint density at radius 3 is 2.70 bits per heavy atom. The third kappa shape index (κ3) is 5.00. The van der Waals surface area contributed by atoms with Crippen LogP contribution in [0.5, 0.6) is 0 Å². The van der Waals surface area contributed by atoms with Crippen LogP contribution in [0.3, 0.4) is 0 Å². The number of likely N-dealkylation sites (tertiary alicyclic amines) is 1. The summed E-state index contributed by atoms with van der Waals surface area (Å²) in [5.41, 5.74) is 0. The fourth-order valence-electron chi connectivity index (χ4n) is 2.60. The topological polar surface area (TPSA) is 70.1 Å². The van der Waals surface area contributed by atoms with Gasteiger partial charge in [0.1, 0.15) is 0 Å². The molecule has 0 spiro atoms. The predicted molar refractivity (Wildman–Crippen MR) is 75.7 cm³/mol. The fourth-order valence-corrected chi connectivity index (χ4v) is 2.60. The van der Waals surface area contributed by atoms with E-state index in [1.165, 1.54) is 0 Å². The third-order valence-corrected chi connectivity index (χ3v) is 3.66. The summed E-state index contributed by atoms with van der Waals surface area (Å²) in [4.78, 5) is 26.9. The number of carboxylic acids is 1. The van der Waals surface area contributed by atoms with E-state index < -0.39 is 5.97 Å². The first kappa shape index (κ1) is 16.8. The summed E-state index contributed by atoms with van der Waals surface area (Å²) in [6.45, 7) is 6.29. The van der Waals surface area contributed by atoms with Crippen LogP contribution in [0.4, 0.5) is 4.79 Å². The van der Waals surface area contributed by atoms with E-state index >= 15 is 0 Å². The van der Waals surface area contributed by atoms with Gasteiger partial charge in [-0.15, -0.1) is 0 Å². The molecule has 1 unspecified atom stereocenters. The van der Waals surface area contributed by atoms with Crippen molar-refractivity contribution >= 4 is 12.0 Å². The first-order chi connectivity index (χ1) is 9.45. The third-order valence-electron chi connectivity index (χ3n) is 3.66. The van der Waals surface area contributed by atoms with Gasteiger partial charge in [0.15, 0.2) is 0 Å². The van der Waals surface area contributed by atoms with Crippen LogP contribution in [0.2, 0.25) is 0 Å². The van der Waals surface area contributed by atoms with E-state index in [9.17, 15) is 9.59 Å². The van der Waals surface area contributed by atoms with Gasteiger partial charge in [0.2, 0.25) is 0 Å². The monoisotopic (exact) mass is 286 g/mol. The molecule has 1 heterocycles. The minimum atomic E-state index is -0.788. The number of ether oxygens (including phenoxy) is 1. The molecule has 6 nitrogen and oxygen atoms in total. The number of carbonyl (C=O) groups is 2. The van der Waals surface area contributed by atoms with Crippen LogP contribution >= 0.6 is 0 Å². The van der Waals surface area contributed by atoms with Gasteiger partial charge in [0.25, 0.3) is 0 Å². The fraction of sp³-hybridized carbons (Fsp3) is 0.857. The minimum Gasteiger partial charge on any atom is -0.481 e. The molecule has 1 atom stereocenters. The summed E-state index contributed by atoms with van der Waals surface area (Å²) in [6, 6.07) is 0.102. The van der Waals surface area contributed by atoms with Crippen molar-refractivity contribution in [3.63, 3.8) is 0 Å². The molecule has 116 valence electrons. The second-order valence-electron chi connectivity index (χ2n) is 5.61.